The quantitative estimate of drug-likeness (QED) is 0.801. The summed E-state index contributed by atoms with van der Waals surface area (Å²) in [6.07, 6.45) is -1.48. The summed E-state index contributed by atoms with van der Waals surface area (Å²) in [4.78, 5) is 11.5. The van der Waals surface area contributed by atoms with Crippen molar-refractivity contribution in [1.29, 1.82) is 0 Å². The second kappa shape index (κ2) is 4.89. The summed E-state index contributed by atoms with van der Waals surface area (Å²) in [6.45, 7) is 9.25. The number of fused-ring (bicyclic) bond motifs is 1. The summed E-state index contributed by atoms with van der Waals surface area (Å²) in [5.74, 6) is -1.50. The highest BCUT2D eigenvalue weighted by Crippen LogP contribution is 2.40. The second-order valence-electron chi connectivity index (χ2n) is 6.66. The van der Waals surface area contributed by atoms with Gasteiger partial charge in [0.1, 0.15) is 18.3 Å². The minimum atomic E-state index is -0.719. The molecule has 7 heteroatoms. The first-order valence-corrected chi connectivity index (χ1v) is 7.27. The van der Waals surface area contributed by atoms with Gasteiger partial charge in [-0.3, -0.25) is 4.79 Å². The van der Waals surface area contributed by atoms with Crippen LogP contribution in [0.5, 0.6) is 0 Å². The van der Waals surface area contributed by atoms with Crippen molar-refractivity contribution in [3.8, 4) is 0 Å². The third-order valence-electron chi connectivity index (χ3n) is 3.85. The Labute approximate surface area is 124 Å². The van der Waals surface area contributed by atoms with Gasteiger partial charge < -0.3 is 29.0 Å². The smallest absolute Gasteiger partial charge is 0.217 e. The molecular weight excluding hydrogens is 278 g/mol. The van der Waals surface area contributed by atoms with Crippen molar-refractivity contribution < 1.29 is 28.5 Å². The fourth-order valence-electron chi connectivity index (χ4n) is 3.13. The number of hydrogen-bond donors (Lipinski definition) is 1. The van der Waals surface area contributed by atoms with E-state index in [0.29, 0.717) is 6.61 Å². The number of hydrogen-bond acceptors (Lipinski definition) is 6. The second-order valence-corrected chi connectivity index (χ2v) is 6.66. The van der Waals surface area contributed by atoms with E-state index in [2.05, 4.69) is 5.32 Å². The van der Waals surface area contributed by atoms with Crippen LogP contribution in [0.25, 0.3) is 0 Å². The highest BCUT2D eigenvalue weighted by atomic mass is 16.8. The lowest BCUT2D eigenvalue weighted by molar-refractivity contribution is -0.223. The van der Waals surface area contributed by atoms with E-state index >= 15 is 0 Å². The Hall–Kier alpha value is -0.730. The molecule has 7 nitrogen and oxygen atoms in total. The largest absolute Gasteiger partial charge is 0.348 e. The number of ether oxygens (including phenoxy) is 5. The summed E-state index contributed by atoms with van der Waals surface area (Å²) in [6, 6.07) is -0.322. The van der Waals surface area contributed by atoms with Gasteiger partial charge in [-0.25, -0.2) is 0 Å². The SMILES string of the molecule is CC(=O)N[C@H]1[C@H]([C@@H]2COC(C)(C)O2)O[C@@H]2OC(C)(C)O[C@@H]21. The van der Waals surface area contributed by atoms with Gasteiger partial charge >= 0.3 is 0 Å². The predicted octanol–water partition coefficient (Wildman–Crippen LogP) is 0.519. The van der Waals surface area contributed by atoms with Crippen LogP contribution in [-0.2, 0) is 28.5 Å². The Bertz CT molecular complexity index is 437. The Morgan fingerprint density at radius 1 is 1.05 bits per heavy atom. The third-order valence-corrected chi connectivity index (χ3v) is 3.85. The molecule has 0 aromatic heterocycles. The van der Waals surface area contributed by atoms with Crippen molar-refractivity contribution in [3.05, 3.63) is 0 Å². The van der Waals surface area contributed by atoms with Gasteiger partial charge in [-0.2, -0.15) is 0 Å². The lowest BCUT2D eigenvalue weighted by Gasteiger charge is -2.29. The zero-order valence-electron chi connectivity index (χ0n) is 13.0. The van der Waals surface area contributed by atoms with Gasteiger partial charge in [0.2, 0.25) is 5.91 Å². The average molecular weight is 301 g/mol. The van der Waals surface area contributed by atoms with Crippen LogP contribution in [0.1, 0.15) is 34.6 Å². The molecule has 1 amide bonds. The molecule has 0 bridgehead atoms. The first kappa shape index (κ1) is 15.2. The van der Waals surface area contributed by atoms with Crippen LogP contribution in [0.2, 0.25) is 0 Å². The molecule has 3 fully saturated rings. The minimum absolute atomic E-state index is 0.138. The van der Waals surface area contributed by atoms with E-state index in [1.54, 1.807) is 0 Å². The molecule has 0 saturated carbocycles. The summed E-state index contributed by atoms with van der Waals surface area (Å²) in [7, 11) is 0. The number of carbonyl (C=O) groups is 1. The maximum absolute atomic E-state index is 11.5. The standard InChI is InChI=1S/C14H23NO6/c1-7(16)15-9-10(8-6-17-13(2,3)19-8)18-12-11(9)20-14(4,5)21-12/h8-12H,6H2,1-5H3,(H,15,16)/t8-,9-,10-,11+,12+/m0/s1. The topological polar surface area (TPSA) is 75.3 Å². The van der Waals surface area contributed by atoms with Crippen LogP contribution in [0, 0.1) is 0 Å². The highest BCUT2D eigenvalue weighted by Gasteiger charge is 2.58. The van der Waals surface area contributed by atoms with E-state index in [-0.39, 0.29) is 30.3 Å². The monoisotopic (exact) mass is 301 g/mol. The molecule has 0 radical (unpaired) electrons. The Morgan fingerprint density at radius 3 is 2.33 bits per heavy atom. The van der Waals surface area contributed by atoms with E-state index in [9.17, 15) is 4.79 Å². The Morgan fingerprint density at radius 2 is 1.76 bits per heavy atom. The van der Waals surface area contributed by atoms with Crippen LogP contribution in [0.4, 0.5) is 0 Å². The number of rotatable bonds is 2. The highest BCUT2D eigenvalue weighted by molar-refractivity contribution is 5.73. The normalized spacial score (nSPS) is 43.8. The van der Waals surface area contributed by atoms with Crippen molar-refractivity contribution in [2.24, 2.45) is 0 Å². The van der Waals surface area contributed by atoms with Gasteiger partial charge in [0.15, 0.2) is 17.9 Å². The molecule has 0 aromatic rings. The fourth-order valence-corrected chi connectivity index (χ4v) is 3.13. The van der Waals surface area contributed by atoms with E-state index < -0.39 is 17.9 Å². The first-order valence-electron chi connectivity index (χ1n) is 7.27. The zero-order valence-corrected chi connectivity index (χ0v) is 13.0. The molecule has 3 aliphatic rings. The van der Waals surface area contributed by atoms with Crippen LogP contribution in [0.3, 0.4) is 0 Å². The lowest BCUT2D eigenvalue weighted by atomic mass is 10.0. The summed E-state index contributed by atoms with van der Waals surface area (Å²) < 4.78 is 29.0. The Balaban J connectivity index is 1.77. The maximum atomic E-state index is 11.5. The molecule has 5 atom stereocenters. The average Bonchev–Trinajstić information content (AvgIpc) is 2.90. The van der Waals surface area contributed by atoms with E-state index in [1.807, 2.05) is 27.7 Å². The molecule has 3 aliphatic heterocycles. The van der Waals surface area contributed by atoms with Crippen LogP contribution in [0.15, 0.2) is 0 Å². The molecule has 0 aromatic carbocycles. The molecule has 120 valence electrons. The summed E-state index contributed by atoms with van der Waals surface area (Å²) in [5, 5.41) is 2.90. The van der Waals surface area contributed by atoms with Crippen molar-refractivity contribution >= 4 is 5.91 Å². The van der Waals surface area contributed by atoms with Crippen molar-refractivity contribution in [2.45, 2.75) is 76.8 Å². The molecule has 3 saturated heterocycles. The lowest BCUT2D eigenvalue weighted by Crippen LogP contribution is -2.52. The van der Waals surface area contributed by atoms with Crippen molar-refractivity contribution in [2.75, 3.05) is 6.61 Å². The molecule has 3 rings (SSSR count). The van der Waals surface area contributed by atoms with Crippen molar-refractivity contribution in [3.63, 3.8) is 0 Å². The summed E-state index contributed by atoms with van der Waals surface area (Å²) in [5.41, 5.74) is 0. The molecule has 1 N–H and O–H groups in total. The van der Waals surface area contributed by atoms with Crippen LogP contribution >= 0.6 is 0 Å². The number of nitrogens with one attached hydrogen (secondary N) is 1. The molecule has 0 spiro atoms. The van der Waals surface area contributed by atoms with Gasteiger partial charge in [-0.05, 0) is 27.7 Å². The van der Waals surface area contributed by atoms with Gasteiger partial charge in [0.25, 0.3) is 0 Å². The fraction of sp³-hybridized carbons (Fsp3) is 0.929. The van der Waals surface area contributed by atoms with E-state index in [4.69, 9.17) is 23.7 Å². The van der Waals surface area contributed by atoms with Gasteiger partial charge in [0.05, 0.1) is 12.6 Å². The van der Waals surface area contributed by atoms with Gasteiger partial charge in [0, 0.05) is 6.92 Å². The molecular formula is C14H23NO6. The summed E-state index contributed by atoms with van der Waals surface area (Å²) >= 11 is 0. The van der Waals surface area contributed by atoms with E-state index in [0.717, 1.165) is 0 Å². The van der Waals surface area contributed by atoms with Crippen molar-refractivity contribution in [1.82, 2.24) is 5.32 Å². The van der Waals surface area contributed by atoms with Crippen LogP contribution in [-0.4, -0.2) is 54.7 Å². The van der Waals surface area contributed by atoms with Crippen LogP contribution < -0.4 is 5.32 Å². The third kappa shape index (κ3) is 2.93. The maximum Gasteiger partial charge on any atom is 0.217 e. The number of carbonyl (C=O) groups excluding carboxylic acids is 1. The molecule has 0 aliphatic carbocycles. The Kier molecular flexibility index (Phi) is 3.53. The molecule has 21 heavy (non-hydrogen) atoms. The minimum Gasteiger partial charge on any atom is -0.348 e. The zero-order chi connectivity index (χ0) is 15.4. The van der Waals surface area contributed by atoms with Gasteiger partial charge in [-0.15, -0.1) is 0 Å². The molecule has 0 unspecified atom stereocenters. The first-order chi connectivity index (χ1) is 9.67. The number of amides is 1. The van der Waals surface area contributed by atoms with Gasteiger partial charge in [-0.1, -0.05) is 0 Å². The predicted molar refractivity (Wildman–Crippen MR) is 71.2 cm³/mol. The molecule has 3 heterocycles. The van der Waals surface area contributed by atoms with E-state index in [1.165, 1.54) is 6.92 Å².